The van der Waals surface area contributed by atoms with E-state index < -0.39 is 6.04 Å². The van der Waals surface area contributed by atoms with Crippen LogP contribution in [0.2, 0.25) is 0 Å². The Morgan fingerprint density at radius 2 is 2.20 bits per heavy atom. The third-order valence-corrected chi connectivity index (χ3v) is 4.04. The van der Waals surface area contributed by atoms with E-state index in [1.165, 1.54) is 6.39 Å². The average Bonchev–Trinajstić information content (AvgIpc) is 3.06. The SMILES string of the molecule is CC(C)C1C(=O)N2CCCC2C(=O)N1Cc1ncon1. The maximum absolute atomic E-state index is 12.6. The molecule has 2 unspecified atom stereocenters. The smallest absolute Gasteiger partial charge is 0.246 e. The average molecular weight is 278 g/mol. The van der Waals surface area contributed by atoms with Crippen LogP contribution < -0.4 is 0 Å². The van der Waals surface area contributed by atoms with Crippen LogP contribution in [0.1, 0.15) is 32.5 Å². The van der Waals surface area contributed by atoms with Crippen LogP contribution in [0.5, 0.6) is 0 Å². The van der Waals surface area contributed by atoms with E-state index in [1.807, 2.05) is 13.8 Å². The van der Waals surface area contributed by atoms with Crippen LogP contribution in [-0.4, -0.2) is 50.4 Å². The number of amides is 2. The standard InChI is InChI=1S/C13H18N4O3/c1-8(2)11-13(19)16-5-3-4-9(16)12(18)17(11)6-10-14-7-20-15-10/h7-9,11H,3-6H2,1-2H3. The van der Waals surface area contributed by atoms with E-state index in [4.69, 9.17) is 4.52 Å². The van der Waals surface area contributed by atoms with Crippen LogP contribution in [0.3, 0.4) is 0 Å². The second kappa shape index (κ2) is 4.88. The molecular weight excluding hydrogens is 260 g/mol. The summed E-state index contributed by atoms with van der Waals surface area (Å²) in [5.74, 6) is 0.541. The molecule has 2 fully saturated rings. The van der Waals surface area contributed by atoms with Crippen LogP contribution in [-0.2, 0) is 16.1 Å². The molecule has 7 heteroatoms. The molecule has 2 saturated heterocycles. The number of fused-ring (bicyclic) bond motifs is 1. The first-order valence-electron chi connectivity index (χ1n) is 6.96. The van der Waals surface area contributed by atoms with Crippen molar-refractivity contribution >= 4 is 11.8 Å². The first-order valence-corrected chi connectivity index (χ1v) is 6.96. The number of carbonyl (C=O) groups is 2. The molecule has 2 aliphatic heterocycles. The van der Waals surface area contributed by atoms with Gasteiger partial charge in [-0.05, 0) is 18.8 Å². The summed E-state index contributed by atoms with van der Waals surface area (Å²) in [6.45, 7) is 4.83. The minimum absolute atomic E-state index is 0.00519. The zero-order valence-electron chi connectivity index (χ0n) is 11.7. The van der Waals surface area contributed by atoms with Crippen LogP contribution in [0.4, 0.5) is 0 Å². The second-order valence-electron chi connectivity index (χ2n) is 5.69. The lowest BCUT2D eigenvalue weighted by Gasteiger charge is -2.43. The molecule has 2 amide bonds. The second-order valence-corrected chi connectivity index (χ2v) is 5.69. The molecule has 1 aromatic heterocycles. The topological polar surface area (TPSA) is 79.5 Å². The van der Waals surface area contributed by atoms with Crippen molar-refractivity contribution in [2.24, 2.45) is 5.92 Å². The van der Waals surface area contributed by atoms with E-state index in [9.17, 15) is 9.59 Å². The molecule has 3 heterocycles. The number of hydrogen-bond acceptors (Lipinski definition) is 5. The number of rotatable bonds is 3. The predicted molar refractivity (Wildman–Crippen MR) is 68.2 cm³/mol. The summed E-state index contributed by atoms with van der Waals surface area (Å²) >= 11 is 0. The van der Waals surface area contributed by atoms with Crippen LogP contribution in [0.25, 0.3) is 0 Å². The molecule has 1 aromatic rings. The van der Waals surface area contributed by atoms with Gasteiger partial charge in [-0.15, -0.1) is 0 Å². The van der Waals surface area contributed by atoms with Crippen molar-refractivity contribution in [1.29, 1.82) is 0 Å². The van der Waals surface area contributed by atoms with Crippen LogP contribution in [0, 0.1) is 5.92 Å². The van der Waals surface area contributed by atoms with Crippen molar-refractivity contribution in [3.8, 4) is 0 Å². The Bertz CT molecular complexity index is 514. The van der Waals surface area contributed by atoms with Gasteiger partial charge in [0.05, 0.1) is 6.54 Å². The fourth-order valence-electron chi connectivity index (χ4n) is 3.15. The van der Waals surface area contributed by atoms with Gasteiger partial charge in [0.1, 0.15) is 12.1 Å². The lowest BCUT2D eigenvalue weighted by atomic mass is 9.96. The van der Waals surface area contributed by atoms with Gasteiger partial charge in [0, 0.05) is 6.54 Å². The van der Waals surface area contributed by atoms with Gasteiger partial charge in [-0.3, -0.25) is 9.59 Å². The molecule has 20 heavy (non-hydrogen) atoms. The number of nitrogens with zero attached hydrogens (tertiary/aromatic N) is 4. The summed E-state index contributed by atoms with van der Waals surface area (Å²) in [6.07, 6.45) is 2.87. The molecule has 0 spiro atoms. The molecule has 0 N–H and O–H groups in total. The van der Waals surface area contributed by atoms with E-state index in [-0.39, 0.29) is 30.3 Å². The molecule has 2 atom stereocenters. The monoisotopic (exact) mass is 278 g/mol. The highest BCUT2D eigenvalue weighted by atomic mass is 16.5. The van der Waals surface area contributed by atoms with Gasteiger partial charge >= 0.3 is 0 Å². The molecule has 0 aliphatic carbocycles. The minimum atomic E-state index is -0.435. The van der Waals surface area contributed by atoms with E-state index in [0.717, 1.165) is 12.8 Å². The molecule has 108 valence electrons. The Morgan fingerprint density at radius 3 is 2.85 bits per heavy atom. The molecule has 0 saturated carbocycles. The molecule has 7 nitrogen and oxygen atoms in total. The molecule has 0 radical (unpaired) electrons. The normalized spacial score (nSPS) is 26.6. The summed E-state index contributed by atoms with van der Waals surface area (Å²) in [6, 6.07) is -0.736. The van der Waals surface area contributed by atoms with Gasteiger partial charge in [0.2, 0.25) is 18.2 Å². The Hall–Kier alpha value is -1.92. The van der Waals surface area contributed by atoms with Gasteiger partial charge in [-0.1, -0.05) is 19.0 Å². The third kappa shape index (κ3) is 1.97. The zero-order chi connectivity index (χ0) is 14.3. The van der Waals surface area contributed by atoms with Crippen molar-refractivity contribution in [3.63, 3.8) is 0 Å². The summed E-state index contributed by atoms with van der Waals surface area (Å²) in [5.41, 5.74) is 0. The van der Waals surface area contributed by atoms with Crippen molar-refractivity contribution < 1.29 is 14.1 Å². The first-order chi connectivity index (χ1) is 9.59. The number of carbonyl (C=O) groups excluding carboxylic acids is 2. The number of piperazine rings is 1. The first kappa shape index (κ1) is 13.1. The molecule has 0 aromatic carbocycles. The number of aromatic nitrogens is 2. The van der Waals surface area contributed by atoms with Gasteiger partial charge < -0.3 is 14.3 Å². The summed E-state index contributed by atoms with van der Waals surface area (Å²) < 4.78 is 4.71. The summed E-state index contributed by atoms with van der Waals surface area (Å²) in [4.78, 5) is 32.5. The van der Waals surface area contributed by atoms with Gasteiger partial charge in [-0.2, -0.15) is 4.98 Å². The van der Waals surface area contributed by atoms with Crippen LogP contribution in [0.15, 0.2) is 10.9 Å². The van der Waals surface area contributed by atoms with Crippen molar-refractivity contribution in [1.82, 2.24) is 19.9 Å². The largest absolute Gasteiger partial charge is 0.343 e. The fraction of sp³-hybridized carbons (Fsp3) is 0.692. The lowest BCUT2D eigenvalue weighted by molar-refractivity contribution is -0.162. The highest BCUT2D eigenvalue weighted by Gasteiger charge is 2.48. The molecular formula is C13H18N4O3. The van der Waals surface area contributed by atoms with E-state index in [1.54, 1.807) is 9.80 Å². The minimum Gasteiger partial charge on any atom is -0.343 e. The van der Waals surface area contributed by atoms with Crippen molar-refractivity contribution in [3.05, 3.63) is 12.2 Å². The third-order valence-electron chi connectivity index (χ3n) is 4.04. The lowest BCUT2D eigenvalue weighted by Crippen LogP contribution is -2.63. The van der Waals surface area contributed by atoms with Crippen molar-refractivity contribution in [2.45, 2.75) is 45.3 Å². The summed E-state index contributed by atoms with van der Waals surface area (Å²) in [7, 11) is 0. The summed E-state index contributed by atoms with van der Waals surface area (Å²) in [5, 5.41) is 3.74. The zero-order valence-corrected chi connectivity index (χ0v) is 11.7. The number of hydrogen-bond donors (Lipinski definition) is 0. The Morgan fingerprint density at radius 1 is 1.40 bits per heavy atom. The van der Waals surface area contributed by atoms with Crippen LogP contribution >= 0.6 is 0 Å². The Labute approximate surface area is 116 Å². The molecule has 0 bridgehead atoms. The highest BCUT2D eigenvalue weighted by Crippen LogP contribution is 2.30. The predicted octanol–water partition coefficient (Wildman–Crippen LogP) is 0.427. The molecule has 3 rings (SSSR count). The maximum atomic E-state index is 12.6. The Kier molecular flexibility index (Phi) is 3.19. The highest BCUT2D eigenvalue weighted by molar-refractivity contribution is 5.97. The maximum Gasteiger partial charge on any atom is 0.246 e. The van der Waals surface area contributed by atoms with Gasteiger partial charge in [0.15, 0.2) is 5.82 Å². The van der Waals surface area contributed by atoms with Gasteiger partial charge in [-0.25, -0.2) is 0 Å². The quantitative estimate of drug-likeness (QED) is 0.801. The van der Waals surface area contributed by atoms with E-state index in [0.29, 0.717) is 12.4 Å². The Balaban J connectivity index is 1.91. The molecule has 2 aliphatic rings. The fourth-order valence-corrected chi connectivity index (χ4v) is 3.15. The van der Waals surface area contributed by atoms with E-state index in [2.05, 4.69) is 10.1 Å². The van der Waals surface area contributed by atoms with Gasteiger partial charge in [0.25, 0.3) is 0 Å². The van der Waals surface area contributed by atoms with Crippen molar-refractivity contribution in [2.75, 3.05) is 6.54 Å². The van der Waals surface area contributed by atoms with E-state index >= 15 is 0 Å².